The number of fused-ring (bicyclic) bond motifs is 1. The molecule has 98 valence electrons. The Morgan fingerprint density at radius 1 is 1.32 bits per heavy atom. The number of benzene rings is 1. The summed E-state index contributed by atoms with van der Waals surface area (Å²) in [6.45, 7) is 3.46. The van der Waals surface area contributed by atoms with Crippen LogP contribution in [0.3, 0.4) is 0 Å². The summed E-state index contributed by atoms with van der Waals surface area (Å²) in [4.78, 5) is 9.08. The van der Waals surface area contributed by atoms with Crippen LogP contribution >= 0.6 is 0 Å². The summed E-state index contributed by atoms with van der Waals surface area (Å²) in [7, 11) is 2.02. The molecule has 0 aliphatic heterocycles. The van der Waals surface area contributed by atoms with Crippen molar-refractivity contribution < 1.29 is 0 Å². The van der Waals surface area contributed by atoms with Crippen molar-refractivity contribution in [1.29, 1.82) is 0 Å². The van der Waals surface area contributed by atoms with E-state index in [9.17, 15) is 0 Å². The van der Waals surface area contributed by atoms with Crippen LogP contribution < -0.4 is 5.73 Å². The minimum atomic E-state index is 0.609. The molecule has 0 aliphatic rings. The van der Waals surface area contributed by atoms with Crippen molar-refractivity contribution >= 4 is 11.0 Å². The van der Waals surface area contributed by atoms with E-state index in [2.05, 4.69) is 39.7 Å². The van der Waals surface area contributed by atoms with Crippen LogP contribution in [0.25, 0.3) is 22.6 Å². The third-order valence-electron chi connectivity index (χ3n) is 3.29. The van der Waals surface area contributed by atoms with Crippen LogP contribution in [0.5, 0.6) is 0 Å². The first-order valence-corrected chi connectivity index (χ1v) is 6.34. The van der Waals surface area contributed by atoms with Crippen molar-refractivity contribution in [2.45, 2.75) is 13.5 Å². The molecule has 0 bridgehead atoms. The topological polar surface area (TPSA) is 61.7 Å². The van der Waals surface area contributed by atoms with Crippen LogP contribution in [-0.4, -0.2) is 25.6 Å². The zero-order valence-corrected chi connectivity index (χ0v) is 11.2. The van der Waals surface area contributed by atoms with Crippen LogP contribution in [0, 0.1) is 6.92 Å². The van der Waals surface area contributed by atoms with E-state index in [1.54, 1.807) is 6.33 Å². The van der Waals surface area contributed by atoms with Crippen molar-refractivity contribution in [1.82, 2.24) is 19.1 Å². The summed E-state index contributed by atoms with van der Waals surface area (Å²) in [5, 5.41) is 0. The fraction of sp³-hybridized carbons (Fsp3) is 0.286. The molecule has 19 heavy (non-hydrogen) atoms. The van der Waals surface area contributed by atoms with Gasteiger partial charge in [-0.15, -0.1) is 0 Å². The molecule has 0 radical (unpaired) electrons. The zero-order chi connectivity index (χ0) is 13.4. The van der Waals surface area contributed by atoms with Gasteiger partial charge in [0.1, 0.15) is 5.69 Å². The maximum atomic E-state index is 5.55. The van der Waals surface area contributed by atoms with Crippen molar-refractivity contribution in [2.75, 3.05) is 6.54 Å². The van der Waals surface area contributed by atoms with Gasteiger partial charge in [0.15, 0.2) is 5.82 Å². The second kappa shape index (κ2) is 4.51. The summed E-state index contributed by atoms with van der Waals surface area (Å²) in [5.41, 5.74) is 9.76. The van der Waals surface area contributed by atoms with E-state index in [0.717, 1.165) is 29.1 Å². The van der Waals surface area contributed by atoms with E-state index in [-0.39, 0.29) is 0 Å². The highest BCUT2D eigenvalue weighted by Crippen LogP contribution is 2.22. The van der Waals surface area contributed by atoms with Crippen molar-refractivity contribution in [3.05, 3.63) is 36.3 Å². The van der Waals surface area contributed by atoms with Crippen molar-refractivity contribution in [3.63, 3.8) is 0 Å². The molecule has 1 aromatic carbocycles. The predicted molar refractivity (Wildman–Crippen MR) is 75.7 cm³/mol. The maximum Gasteiger partial charge on any atom is 0.161 e. The Morgan fingerprint density at radius 3 is 2.95 bits per heavy atom. The molecule has 2 aromatic heterocycles. The summed E-state index contributed by atoms with van der Waals surface area (Å²) >= 11 is 0. The van der Waals surface area contributed by atoms with E-state index < -0.39 is 0 Å². The van der Waals surface area contributed by atoms with Crippen LogP contribution in [0.2, 0.25) is 0 Å². The fourth-order valence-electron chi connectivity index (χ4n) is 2.29. The Hall–Kier alpha value is -2.14. The minimum absolute atomic E-state index is 0.609. The van der Waals surface area contributed by atoms with E-state index in [1.165, 1.54) is 5.56 Å². The summed E-state index contributed by atoms with van der Waals surface area (Å²) < 4.78 is 4.06. The number of hydrogen-bond donors (Lipinski definition) is 1. The van der Waals surface area contributed by atoms with Crippen LogP contribution in [0.4, 0.5) is 0 Å². The molecule has 3 rings (SSSR count). The Labute approximate surface area is 111 Å². The summed E-state index contributed by atoms with van der Waals surface area (Å²) in [6, 6.07) is 6.29. The first kappa shape index (κ1) is 11.9. The van der Waals surface area contributed by atoms with Gasteiger partial charge in [0.2, 0.25) is 0 Å². The van der Waals surface area contributed by atoms with Crippen molar-refractivity contribution in [3.8, 4) is 11.5 Å². The quantitative estimate of drug-likeness (QED) is 0.775. The summed E-state index contributed by atoms with van der Waals surface area (Å²) in [6.07, 6.45) is 3.79. The number of nitrogens with zero attached hydrogens (tertiary/aromatic N) is 4. The third-order valence-corrected chi connectivity index (χ3v) is 3.29. The van der Waals surface area contributed by atoms with Crippen LogP contribution in [-0.2, 0) is 13.6 Å². The van der Waals surface area contributed by atoms with Gasteiger partial charge in [0.05, 0.1) is 17.4 Å². The lowest BCUT2D eigenvalue weighted by Gasteiger charge is -1.99. The van der Waals surface area contributed by atoms with Gasteiger partial charge < -0.3 is 14.9 Å². The van der Waals surface area contributed by atoms with E-state index in [4.69, 9.17) is 5.73 Å². The van der Waals surface area contributed by atoms with Gasteiger partial charge in [0, 0.05) is 26.3 Å². The first-order chi connectivity index (χ1) is 9.19. The lowest BCUT2D eigenvalue weighted by atomic mass is 10.2. The Balaban J connectivity index is 2.10. The average Bonchev–Trinajstić information content (AvgIpc) is 2.95. The lowest BCUT2D eigenvalue weighted by molar-refractivity contribution is 0.708. The van der Waals surface area contributed by atoms with Gasteiger partial charge in [-0.1, -0.05) is 6.07 Å². The normalized spacial score (nSPS) is 11.3. The number of hydrogen-bond acceptors (Lipinski definition) is 3. The van der Waals surface area contributed by atoms with Gasteiger partial charge in [-0.2, -0.15) is 0 Å². The minimum Gasteiger partial charge on any atom is -0.335 e. The molecule has 2 N–H and O–H groups in total. The number of nitrogens with two attached hydrogens (primary N) is 1. The Kier molecular flexibility index (Phi) is 2.83. The molecule has 0 saturated carbocycles. The van der Waals surface area contributed by atoms with Gasteiger partial charge >= 0.3 is 0 Å². The molecule has 0 unspecified atom stereocenters. The predicted octanol–water partition coefficient (Wildman–Crippen LogP) is 1.70. The molecule has 2 heterocycles. The summed E-state index contributed by atoms with van der Waals surface area (Å²) in [5.74, 6) is 0.886. The van der Waals surface area contributed by atoms with Crippen LogP contribution in [0.1, 0.15) is 5.56 Å². The number of aromatic nitrogens is 4. The van der Waals surface area contributed by atoms with Gasteiger partial charge in [-0.3, -0.25) is 0 Å². The molecular formula is C14H17N5. The first-order valence-electron chi connectivity index (χ1n) is 6.34. The van der Waals surface area contributed by atoms with E-state index in [1.807, 2.05) is 17.8 Å². The highest BCUT2D eigenvalue weighted by Gasteiger charge is 2.12. The van der Waals surface area contributed by atoms with Crippen molar-refractivity contribution in [2.24, 2.45) is 12.8 Å². The van der Waals surface area contributed by atoms with E-state index in [0.29, 0.717) is 6.54 Å². The second-order valence-electron chi connectivity index (χ2n) is 4.77. The van der Waals surface area contributed by atoms with Crippen LogP contribution in [0.15, 0.2) is 30.7 Å². The number of imidazole rings is 2. The number of aryl methyl sites for hydroxylation is 2. The van der Waals surface area contributed by atoms with E-state index >= 15 is 0 Å². The molecule has 0 atom stereocenters. The monoisotopic (exact) mass is 255 g/mol. The molecule has 0 saturated heterocycles. The zero-order valence-electron chi connectivity index (χ0n) is 11.2. The molecule has 0 spiro atoms. The lowest BCUT2D eigenvalue weighted by Crippen LogP contribution is -2.07. The fourth-order valence-corrected chi connectivity index (χ4v) is 2.29. The average molecular weight is 255 g/mol. The Morgan fingerprint density at radius 2 is 2.16 bits per heavy atom. The molecular weight excluding hydrogens is 238 g/mol. The molecule has 0 fully saturated rings. The molecule has 3 aromatic rings. The smallest absolute Gasteiger partial charge is 0.161 e. The SMILES string of the molecule is Cc1ccc2c(c1)nc(-c1cn(CCN)cn1)n2C. The highest BCUT2D eigenvalue weighted by atomic mass is 15.1. The Bertz CT molecular complexity index is 723. The van der Waals surface area contributed by atoms with Gasteiger partial charge in [-0.05, 0) is 24.6 Å². The number of rotatable bonds is 3. The van der Waals surface area contributed by atoms with Gasteiger partial charge in [-0.25, -0.2) is 9.97 Å². The molecule has 5 nitrogen and oxygen atoms in total. The second-order valence-corrected chi connectivity index (χ2v) is 4.77. The maximum absolute atomic E-state index is 5.55. The molecule has 0 amide bonds. The van der Waals surface area contributed by atoms with Gasteiger partial charge in [0.25, 0.3) is 0 Å². The third kappa shape index (κ3) is 2.02. The standard InChI is InChI=1S/C14H17N5/c1-10-3-4-13-11(7-10)17-14(18(13)2)12-8-19(6-5-15)9-16-12/h3-4,7-9H,5-6,15H2,1-2H3. The largest absolute Gasteiger partial charge is 0.335 e. The molecule has 5 heteroatoms. The molecule has 0 aliphatic carbocycles. The highest BCUT2D eigenvalue weighted by molar-refractivity contribution is 5.80.